The molecule has 1 atom stereocenters. The lowest BCUT2D eigenvalue weighted by Crippen LogP contribution is -2.26. The molecule has 36 heavy (non-hydrogen) atoms. The number of benzene rings is 2. The van der Waals surface area contributed by atoms with Crippen molar-refractivity contribution in [2.75, 3.05) is 0 Å². The summed E-state index contributed by atoms with van der Waals surface area (Å²) in [5, 5.41) is 3.57. The molecule has 0 bridgehead atoms. The number of hydrogen-bond acceptors (Lipinski definition) is 3. The number of aromatic amines is 1. The summed E-state index contributed by atoms with van der Waals surface area (Å²) in [4.78, 5) is 24.3. The summed E-state index contributed by atoms with van der Waals surface area (Å²) in [5.41, 5.74) is 1.88. The maximum absolute atomic E-state index is 14.8. The number of fused-ring (bicyclic) bond motifs is 2. The van der Waals surface area contributed by atoms with Gasteiger partial charge in [-0.25, -0.2) is 18.2 Å². The fourth-order valence-corrected chi connectivity index (χ4v) is 5.63. The number of amides is 1. The molecule has 2 heterocycles. The molecule has 2 saturated carbocycles. The largest absolute Gasteiger partial charge is 0.349 e. The highest BCUT2D eigenvalue weighted by Crippen LogP contribution is 2.43. The number of hydrogen-bond donors (Lipinski definition) is 2. The van der Waals surface area contributed by atoms with Crippen LogP contribution in [-0.2, 0) is 0 Å². The third kappa shape index (κ3) is 4.12. The molecule has 0 spiro atoms. The molecular weight excluding hydrogens is 465 g/mol. The molecule has 0 aliphatic heterocycles. The number of carbonyl (C=O) groups excluding carboxylic acids is 1. The Morgan fingerprint density at radius 1 is 1.00 bits per heavy atom. The first-order valence-corrected chi connectivity index (χ1v) is 12.6. The average Bonchev–Trinajstić information content (AvgIpc) is 3.60. The molecule has 0 saturated heterocycles. The number of nitrogens with zero attached hydrogens (tertiary/aromatic N) is 2. The predicted octanol–water partition coefficient (Wildman–Crippen LogP) is 6.50. The van der Waals surface area contributed by atoms with E-state index in [2.05, 4.69) is 27.2 Å². The Kier molecular flexibility index (Phi) is 5.69. The summed E-state index contributed by atoms with van der Waals surface area (Å²) in [5.74, 6) is -1.84. The highest BCUT2D eigenvalue weighted by atomic mass is 19.2. The van der Waals surface area contributed by atoms with E-state index in [0.717, 1.165) is 55.0 Å². The van der Waals surface area contributed by atoms with Gasteiger partial charge in [0.15, 0.2) is 11.6 Å². The molecule has 2 fully saturated rings. The summed E-state index contributed by atoms with van der Waals surface area (Å²) in [7, 11) is 0. The van der Waals surface area contributed by atoms with Crippen LogP contribution in [0.2, 0.25) is 0 Å². The van der Waals surface area contributed by atoms with Gasteiger partial charge in [0.05, 0.1) is 16.6 Å². The van der Waals surface area contributed by atoms with Gasteiger partial charge in [0, 0.05) is 23.5 Å². The Bertz CT molecular complexity index is 1470. The van der Waals surface area contributed by atoms with Crippen molar-refractivity contribution < 1.29 is 18.0 Å². The molecule has 186 valence electrons. The molecule has 8 heteroatoms. The first-order chi connectivity index (χ1) is 17.4. The van der Waals surface area contributed by atoms with Crippen LogP contribution in [0, 0.1) is 23.4 Å². The highest BCUT2D eigenvalue weighted by Gasteiger charge is 2.31. The zero-order chi connectivity index (χ0) is 25.0. The molecule has 6 rings (SSSR count). The monoisotopic (exact) mass is 492 g/mol. The van der Waals surface area contributed by atoms with Crippen LogP contribution in [0.1, 0.15) is 79.0 Å². The van der Waals surface area contributed by atoms with Crippen LogP contribution >= 0.6 is 0 Å². The lowest BCUT2D eigenvalue weighted by Gasteiger charge is -2.32. The maximum Gasteiger partial charge on any atom is 0.254 e. The highest BCUT2D eigenvalue weighted by molar-refractivity contribution is 5.98. The van der Waals surface area contributed by atoms with Crippen LogP contribution in [0.15, 0.2) is 36.5 Å². The molecule has 0 radical (unpaired) electrons. The number of pyridine rings is 1. The van der Waals surface area contributed by atoms with E-state index in [0.29, 0.717) is 17.7 Å². The summed E-state index contributed by atoms with van der Waals surface area (Å²) in [6.07, 6.45) is 7.27. The standard InChI is InChI=1S/C28H27F3N4O/c1-14(15-2-4-16(5-3-15)19-10-11-32-22-9-6-17(29)12-20(19)22)27-34-23-13-21(28(36)33-18-7-8-18)24(30)25(31)26(23)35-27/h6,9-16,18H,2-5,7-8H2,1H3,(H,33,36)(H,34,35)/t14?,15-,16+. The summed E-state index contributed by atoms with van der Waals surface area (Å²) < 4.78 is 43.4. The minimum atomic E-state index is -1.15. The number of imidazole rings is 1. The third-order valence-electron chi connectivity index (χ3n) is 7.92. The fourth-order valence-electron chi connectivity index (χ4n) is 5.63. The quantitative estimate of drug-likeness (QED) is 0.334. The van der Waals surface area contributed by atoms with E-state index in [1.54, 1.807) is 18.3 Å². The van der Waals surface area contributed by atoms with E-state index < -0.39 is 17.5 Å². The van der Waals surface area contributed by atoms with Crippen LogP contribution in [0.4, 0.5) is 13.2 Å². The Labute approximate surface area is 206 Å². The van der Waals surface area contributed by atoms with Crippen molar-refractivity contribution in [3.63, 3.8) is 0 Å². The van der Waals surface area contributed by atoms with Crippen molar-refractivity contribution >= 4 is 27.8 Å². The third-order valence-corrected chi connectivity index (χ3v) is 7.92. The summed E-state index contributed by atoms with van der Waals surface area (Å²) in [6.45, 7) is 2.05. The first kappa shape index (κ1) is 23.0. The molecule has 1 unspecified atom stereocenters. The van der Waals surface area contributed by atoms with Gasteiger partial charge in [-0.1, -0.05) is 6.92 Å². The smallest absolute Gasteiger partial charge is 0.254 e. The van der Waals surface area contributed by atoms with Crippen molar-refractivity contribution in [3.8, 4) is 0 Å². The van der Waals surface area contributed by atoms with E-state index in [1.165, 1.54) is 12.1 Å². The lowest BCUT2D eigenvalue weighted by molar-refractivity contribution is 0.0946. The fraction of sp³-hybridized carbons (Fsp3) is 0.393. The van der Waals surface area contributed by atoms with Gasteiger partial charge in [-0.3, -0.25) is 9.78 Å². The van der Waals surface area contributed by atoms with Gasteiger partial charge in [0.25, 0.3) is 5.91 Å². The van der Waals surface area contributed by atoms with Crippen LogP contribution in [0.3, 0.4) is 0 Å². The van der Waals surface area contributed by atoms with Crippen LogP contribution in [0.5, 0.6) is 0 Å². The van der Waals surface area contributed by atoms with Gasteiger partial charge in [0.1, 0.15) is 17.2 Å². The van der Waals surface area contributed by atoms with Crippen LogP contribution in [-0.4, -0.2) is 26.9 Å². The van der Waals surface area contributed by atoms with E-state index in [4.69, 9.17) is 0 Å². The minimum absolute atomic E-state index is 0.00344. The summed E-state index contributed by atoms with van der Waals surface area (Å²) >= 11 is 0. The Hall–Kier alpha value is -3.42. The Morgan fingerprint density at radius 2 is 1.78 bits per heavy atom. The van der Waals surface area contributed by atoms with E-state index >= 15 is 0 Å². The second-order valence-corrected chi connectivity index (χ2v) is 10.3. The molecule has 2 aliphatic rings. The van der Waals surface area contributed by atoms with Gasteiger partial charge in [0.2, 0.25) is 0 Å². The zero-order valence-electron chi connectivity index (χ0n) is 20.0. The average molecular weight is 493 g/mol. The van der Waals surface area contributed by atoms with Gasteiger partial charge < -0.3 is 10.3 Å². The molecule has 2 N–H and O–H groups in total. The minimum Gasteiger partial charge on any atom is -0.349 e. The number of rotatable bonds is 5. The van der Waals surface area contributed by atoms with Gasteiger partial charge in [-0.15, -0.1) is 0 Å². The van der Waals surface area contributed by atoms with Crippen molar-refractivity contribution in [2.24, 2.45) is 5.92 Å². The number of nitrogens with one attached hydrogen (secondary N) is 2. The number of aromatic nitrogens is 3. The summed E-state index contributed by atoms with van der Waals surface area (Å²) in [6, 6.07) is 8.08. The topological polar surface area (TPSA) is 70.7 Å². The van der Waals surface area contributed by atoms with Crippen LogP contribution in [0.25, 0.3) is 21.9 Å². The first-order valence-electron chi connectivity index (χ1n) is 12.6. The van der Waals surface area contributed by atoms with E-state index in [9.17, 15) is 18.0 Å². The molecule has 4 aromatic rings. The normalized spacial score (nSPS) is 21.1. The second kappa shape index (κ2) is 8.91. The maximum atomic E-state index is 14.8. The molecule has 5 nitrogen and oxygen atoms in total. The molecule has 2 aromatic heterocycles. The van der Waals surface area contributed by atoms with Gasteiger partial charge >= 0.3 is 0 Å². The van der Waals surface area contributed by atoms with Crippen molar-refractivity contribution in [1.82, 2.24) is 20.3 Å². The van der Waals surface area contributed by atoms with E-state index in [1.807, 2.05) is 6.07 Å². The van der Waals surface area contributed by atoms with Gasteiger partial charge in [-0.2, -0.15) is 0 Å². The van der Waals surface area contributed by atoms with Crippen molar-refractivity contribution in [3.05, 3.63) is 70.9 Å². The molecule has 2 aliphatic carbocycles. The lowest BCUT2D eigenvalue weighted by atomic mass is 9.73. The zero-order valence-corrected chi connectivity index (χ0v) is 20.0. The van der Waals surface area contributed by atoms with Crippen molar-refractivity contribution in [1.29, 1.82) is 0 Å². The SMILES string of the molecule is CC(c1nc2cc(C(=O)NC3CC3)c(F)c(F)c2[nH]1)[C@H]1CC[C@@H](c2ccnc3ccc(F)cc32)CC1. The molecular formula is C28H27F3N4O. The van der Waals surface area contributed by atoms with Crippen molar-refractivity contribution in [2.45, 2.75) is 63.3 Å². The van der Waals surface area contributed by atoms with Gasteiger partial charge in [-0.05, 0) is 86.3 Å². The Morgan fingerprint density at radius 3 is 2.53 bits per heavy atom. The number of halogens is 3. The number of H-pyrrole nitrogens is 1. The van der Waals surface area contributed by atoms with Crippen LogP contribution < -0.4 is 5.32 Å². The predicted molar refractivity (Wildman–Crippen MR) is 131 cm³/mol. The second-order valence-electron chi connectivity index (χ2n) is 10.3. The molecule has 2 aromatic carbocycles. The number of carbonyl (C=O) groups is 1. The molecule has 1 amide bonds. The Balaban J connectivity index is 1.20. The van der Waals surface area contributed by atoms with E-state index in [-0.39, 0.29) is 34.4 Å².